The van der Waals surface area contributed by atoms with E-state index in [1.165, 1.54) is 4.74 Å². The molecule has 0 heterocycles. The molecule has 0 aliphatic rings. The number of halogens is 16. The molecule has 0 aromatic carbocycles. The van der Waals surface area contributed by atoms with Crippen LogP contribution in [0.25, 0.3) is 0 Å². The first kappa shape index (κ1) is 31.8. The second-order valence-electron chi connectivity index (χ2n) is 6.21. The average molecular weight is 534 g/mol. The lowest BCUT2D eigenvalue weighted by molar-refractivity contribution is -0.544. The second kappa shape index (κ2) is 10.2. The molecule has 0 aromatic heterocycles. The molecule has 0 radical (unpaired) electrons. The van der Waals surface area contributed by atoms with Gasteiger partial charge in [0.05, 0.1) is 6.61 Å². The Morgan fingerprint density at radius 3 is 1.52 bits per heavy atom. The Labute approximate surface area is 173 Å². The first-order chi connectivity index (χ1) is 14.4. The SMILES string of the molecule is CCCCCCOC(F)(F)C(F)OC(F)(F)C(F)(OC(F)(F)C(F)(F)C(F)(F)F)C(F)(F)F. The van der Waals surface area contributed by atoms with Gasteiger partial charge in [-0.05, 0) is 6.42 Å². The van der Waals surface area contributed by atoms with Crippen LogP contribution < -0.4 is 0 Å². The maximum absolute atomic E-state index is 13.8. The Hall–Kier alpha value is -1.24. The van der Waals surface area contributed by atoms with Gasteiger partial charge in [-0.1, -0.05) is 26.2 Å². The van der Waals surface area contributed by atoms with Crippen molar-refractivity contribution in [2.24, 2.45) is 0 Å². The Kier molecular flexibility index (Phi) is 9.79. The van der Waals surface area contributed by atoms with E-state index >= 15 is 0 Å². The fourth-order valence-electron chi connectivity index (χ4n) is 1.76. The zero-order valence-corrected chi connectivity index (χ0v) is 15.9. The third kappa shape index (κ3) is 7.12. The summed E-state index contributed by atoms with van der Waals surface area (Å²) < 4.78 is 213. The number of hydrogen-bond donors (Lipinski definition) is 0. The minimum absolute atomic E-state index is 0.165. The van der Waals surface area contributed by atoms with Crippen LogP contribution in [0, 0.1) is 0 Å². The van der Waals surface area contributed by atoms with E-state index in [0.29, 0.717) is 12.8 Å². The zero-order chi connectivity index (χ0) is 26.7. The highest BCUT2D eigenvalue weighted by Gasteiger charge is 2.84. The molecule has 0 spiro atoms. The van der Waals surface area contributed by atoms with Crippen molar-refractivity contribution < 1.29 is 84.5 Å². The zero-order valence-electron chi connectivity index (χ0n) is 15.9. The Morgan fingerprint density at radius 1 is 0.636 bits per heavy atom. The summed E-state index contributed by atoms with van der Waals surface area (Å²) in [5, 5.41) is 0. The molecule has 0 saturated carbocycles. The van der Waals surface area contributed by atoms with Gasteiger partial charge in [0.25, 0.3) is 6.36 Å². The molecule has 0 fully saturated rings. The second-order valence-corrected chi connectivity index (χ2v) is 6.21. The van der Waals surface area contributed by atoms with Gasteiger partial charge >= 0.3 is 42.5 Å². The maximum Gasteiger partial charge on any atom is 0.462 e. The molecule has 0 rings (SSSR count). The Bertz CT molecular complexity index is 617. The molecule has 2 atom stereocenters. The molecule has 2 unspecified atom stereocenters. The van der Waals surface area contributed by atoms with Crippen molar-refractivity contribution in [3.8, 4) is 0 Å². The summed E-state index contributed by atoms with van der Waals surface area (Å²) in [6.45, 7) is 0.539. The van der Waals surface area contributed by atoms with Crippen molar-refractivity contribution in [3.63, 3.8) is 0 Å². The maximum atomic E-state index is 13.8. The van der Waals surface area contributed by atoms with Gasteiger partial charge in [0.2, 0.25) is 0 Å². The lowest BCUT2D eigenvalue weighted by Crippen LogP contribution is -2.66. The highest BCUT2D eigenvalue weighted by molar-refractivity contribution is 4.93. The van der Waals surface area contributed by atoms with E-state index in [1.807, 2.05) is 0 Å². The third-order valence-corrected chi connectivity index (χ3v) is 3.54. The highest BCUT2D eigenvalue weighted by atomic mass is 19.4. The number of rotatable bonds is 13. The quantitative estimate of drug-likeness (QED) is 0.186. The molecule has 3 nitrogen and oxygen atoms in total. The van der Waals surface area contributed by atoms with Crippen LogP contribution in [-0.4, -0.2) is 55.4 Å². The predicted molar refractivity (Wildman–Crippen MR) is 72.9 cm³/mol. The number of hydrogen-bond acceptors (Lipinski definition) is 3. The molecule has 0 bridgehead atoms. The number of ether oxygens (including phenoxy) is 3. The van der Waals surface area contributed by atoms with Gasteiger partial charge in [-0.3, -0.25) is 9.47 Å². The summed E-state index contributed by atoms with van der Waals surface area (Å²) in [5.41, 5.74) is 0. The predicted octanol–water partition coefficient (Wildman–Crippen LogP) is 7.12. The van der Waals surface area contributed by atoms with Crippen molar-refractivity contribution in [1.29, 1.82) is 0 Å². The van der Waals surface area contributed by atoms with Gasteiger partial charge < -0.3 is 4.74 Å². The standard InChI is InChI=1S/C14H14F16O3/c1-2-3-4-5-6-31-8(16,17)7(15)32-14(29,30)10(20,12(24,25)26)33-13(27,28)9(18,19)11(21,22)23/h7H,2-6H2,1H3. The van der Waals surface area contributed by atoms with E-state index in [0.717, 1.165) is 0 Å². The molecular weight excluding hydrogens is 520 g/mol. The molecule has 0 aliphatic carbocycles. The van der Waals surface area contributed by atoms with Crippen LogP contribution in [0.5, 0.6) is 0 Å². The average Bonchev–Trinajstić information content (AvgIpc) is 2.58. The molecule has 200 valence electrons. The number of alkyl halides is 16. The van der Waals surface area contributed by atoms with E-state index in [4.69, 9.17) is 0 Å². The summed E-state index contributed by atoms with van der Waals surface area (Å²) >= 11 is 0. The summed E-state index contributed by atoms with van der Waals surface area (Å²) in [5.74, 6) is -15.4. The van der Waals surface area contributed by atoms with E-state index < -0.39 is 55.4 Å². The molecular formula is C14H14F16O3. The lowest BCUT2D eigenvalue weighted by atomic mass is 10.2. The molecule has 0 amide bonds. The molecule has 19 heteroatoms. The van der Waals surface area contributed by atoms with Crippen LogP contribution in [0.1, 0.15) is 32.6 Å². The Morgan fingerprint density at radius 2 is 1.12 bits per heavy atom. The van der Waals surface area contributed by atoms with E-state index in [9.17, 15) is 70.2 Å². The largest absolute Gasteiger partial charge is 0.462 e. The topological polar surface area (TPSA) is 27.7 Å². The summed E-state index contributed by atoms with van der Waals surface area (Å²) in [6, 6.07) is 0. The summed E-state index contributed by atoms with van der Waals surface area (Å²) in [6.07, 6.45) is -40.0. The van der Waals surface area contributed by atoms with Crippen LogP contribution in [0.4, 0.5) is 70.2 Å². The van der Waals surface area contributed by atoms with E-state index in [2.05, 4.69) is 9.47 Å². The van der Waals surface area contributed by atoms with Crippen molar-refractivity contribution in [1.82, 2.24) is 0 Å². The minimum atomic E-state index is -7.72. The van der Waals surface area contributed by atoms with Gasteiger partial charge in [0.1, 0.15) is 0 Å². The van der Waals surface area contributed by atoms with Crippen molar-refractivity contribution in [3.05, 3.63) is 0 Å². The van der Waals surface area contributed by atoms with Crippen LogP contribution in [-0.2, 0) is 14.2 Å². The van der Waals surface area contributed by atoms with Crippen molar-refractivity contribution in [2.75, 3.05) is 6.61 Å². The van der Waals surface area contributed by atoms with Crippen molar-refractivity contribution >= 4 is 0 Å². The monoisotopic (exact) mass is 534 g/mol. The smallest absolute Gasteiger partial charge is 0.316 e. The van der Waals surface area contributed by atoms with E-state index in [-0.39, 0.29) is 12.8 Å². The van der Waals surface area contributed by atoms with Crippen molar-refractivity contribution in [2.45, 2.75) is 81.4 Å². The van der Waals surface area contributed by atoms with Gasteiger partial charge in [0.15, 0.2) is 0 Å². The minimum Gasteiger partial charge on any atom is -0.316 e. The number of unbranched alkanes of at least 4 members (excludes halogenated alkanes) is 3. The van der Waals surface area contributed by atoms with Gasteiger partial charge in [-0.25, -0.2) is 4.39 Å². The molecule has 0 aliphatic heterocycles. The summed E-state index contributed by atoms with van der Waals surface area (Å²) in [7, 11) is 0. The van der Waals surface area contributed by atoms with Crippen LogP contribution in [0.2, 0.25) is 0 Å². The van der Waals surface area contributed by atoms with Crippen LogP contribution in [0.15, 0.2) is 0 Å². The normalized spacial score (nSPS) is 17.7. The van der Waals surface area contributed by atoms with Crippen LogP contribution in [0.3, 0.4) is 0 Å². The molecule has 0 aromatic rings. The highest BCUT2D eigenvalue weighted by Crippen LogP contribution is 2.55. The van der Waals surface area contributed by atoms with Crippen LogP contribution >= 0.6 is 0 Å². The van der Waals surface area contributed by atoms with Gasteiger partial charge in [0, 0.05) is 0 Å². The Balaban J connectivity index is 5.87. The van der Waals surface area contributed by atoms with Gasteiger partial charge in [-0.15, -0.1) is 0 Å². The van der Waals surface area contributed by atoms with Gasteiger partial charge in [-0.2, -0.15) is 65.9 Å². The molecule has 0 N–H and O–H groups in total. The van der Waals surface area contributed by atoms with E-state index in [1.54, 1.807) is 6.92 Å². The first-order valence-corrected chi connectivity index (χ1v) is 8.39. The fraction of sp³-hybridized carbons (Fsp3) is 1.00. The molecule has 0 saturated heterocycles. The summed E-state index contributed by atoms with van der Waals surface area (Å²) in [4.78, 5) is 0. The molecule has 33 heavy (non-hydrogen) atoms. The lowest BCUT2D eigenvalue weighted by Gasteiger charge is -2.38. The fourth-order valence-corrected chi connectivity index (χ4v) is 1.76. The third-order valence-electron chi connectivity index (χ3n) is 3.54. The first-order valence-electron chi connectivity index (χ1n) is 8.39.